The van der Waals surface area contributed by atoms with E-state index >= 15 is 0 Å². The van der Waals surface area contributed by atoms with Gasteiger partial charge >= 0.3 is 5.97 Å². The zero-order valence-electron chi connectivity index (χ0n) is 7.70. The van der Waals surface area contributed by atoms with Gasteiger partial charge in [0.25, 0.3) is 0 Å². The summed E-state index contributed by atoms with van der Waals surface area (Å²) < 4.78 is 1.23. The SMILES string of the molecule is Nc1nc(-n2cncn2)c(Cl)nc1C(=O)O. The van der Waals surface area contributed by atoms with Gasteiger partial charge in [0, 0.05) is 0 Å². The highest BCUT2D eigenvalue weighted by atomic mass is 35.5. The molecule has 0 saturated heterocycles. The summed E-state index contributed by atoms with van der Waals surface area (Å²) >= 11 is 5.76. The van der Waals surface area contributed by atoms with Crippen molar-refractivity contribution in [2.24, 2.45) is 0 Å². The first-order valence-corrected chi connectivity index (χ1v) is 4.38. The van der Waals surface area contributed by atoms with Crippen molar-refractivity contribution in [3.63, 3.8) is 0 Å². The first kappa shape index (κ1) is 10.3. The van der Waals surface area contributed by atoms with Crippen LogP contribution in [-0.2, 0) is 0 Å². The lowest BCUT2D eigenvalue weighted by atomic mass is 10.4. The zero-order chi connectivity index (χ0) is 11.7. The molecule has 0 saturated carbocycles. The summed E-state index contributed by atoms with van der Waals surface area (Å²) in [6, 6.07) is 0. The molecule has 0 aromatic carbocycles. The molecule has 0 spiro atoms. The smallest absolute Gasteiger partial charge is 0.358 e. The molecule has 0 aliphatic heterocycles. The number of aromatic nitrogens is 5. The molecule has 0 aliphatic carbocycles. The summed E-state index contributed by atoms with van der Waals surface area (Å²) in [7, 11) is 0. The minimum absolute atomic E-state index is 0.114. The number of nitrogens with two attached hydrogens (primary N) is 1. The number of nitrogen functional groups attached to an aromatic ring is 1. The zero-order valence-corrected chi connectivity index (χ0v) is 8.46. The van der Waals surface area contributed by atoms with Gasteiger partial charge in [-0.1, -0.05) is 11.6 Å². The predicted octanol–water partition coefficient (Wildman–Crippen LogP) is -0.00890. The fourth-order valence-corrected chi connectivity index (χ4v) is 1.25. The molecule has 0 atom stereocenters. The topological polar surface area (TPSA) is 120 Å². The lowest BCUT2D eigenvalue weighted by Crippen LogP contribution is -2.11. The van der Waals surface area contributed by atoms with E-state index in [0.29, 0.717) is 0 Å². The number of hydrogen-bond acceptors (Lipinski definition) is 6. The summed E-state index contributed by atoms with van der Waals surface area (Å²) in [6.07, 6.45) is 2.62. The lowest BCUT2D eigenvalue weighted by molar-refractivity contribution is 0.0691. The van der Waals surface area contributed by atoms with E-state index in [2.05, 4.69) is 20.1 Å². The number of rotatable bonds is 2. The highest BCUT2D eigenvalue weighted by Crippen LogP contribution is 2.18. The predicted molar refractivity (Wildman–Crippen MR) is 53.3 cm³/mol. The molecule has 0 bridgehead atoms. The standard InChI is InChI=1S/C7H5ClN6O2/c8-4-6(14-2-10-1-11-14)13-5(9)3(12-4)7(15)16/h1-2H,(H2,9,13)(H,15,16). The normalized spacial score (nSPS) is 10.3. The molecular formula is C7H5ClN6O2. The van der Waals surface area contributed by atoms with Gasteiger partial charge in [-0.25, -0.2) is 19.7 Å². The Morgan fingerprint density at radius 1 is 1.50 bits per heavy atom. The number of hydrogen-bond donors (Lipinski definition) is 2. The van der Waals surface area contributed by atoms with E-state index in [1.807, 2.05) is 0 Å². The van der Waals surface area contributed by atoms with Gasteiger partial charge in [-0.2, -0.15) is 9.78 Å². The van der Waals surface area contributed by atoms with Crippen molar-refractivity contribution in [3.8, 4) is 5.82 Å². The van der Waals surface area contributed by atoms with Gasteiger partial charge in [-0.15, -0.1) is 0 Å². The van der Waals surface area contributed by atoms with E-state index < -0.39 is 11.7 Å². The Labute approximate surface area is 93.7 Å². The molecule has 3 N–H and O–H groups in total. The van der Waals surface area contributed by atoms with Gasteiger partial charge in [-0.05, 0) is 0 Å². The number of nitrogens with zero attached hydrogens (tertiary/aromatic N) is 5. The maximum Gasteiger partial charge on any atom is 0.358 e. The van der Waals surface area contributed by atoms with Crippen molar-refractivity contribution in [1.29, 1.82) is 0 Å². The number of anilines is 1. The lowest BCUT2D eigenvalue weighted by Gasteiger charge is -2.05. The van der Waals surface area contributed by atoms with Crippen LogP contribution in [0.5, 0.6) is 0 Å². The van der Waals surface area contributed by atoms with Gasteiger partial charge in [0.05, 0.1) is 0 Å². The van der Waals surface area contributed by atoms with Crippen LogP contribution >= 0.6 is 11.6 Å². The molecule has 2 heterocycles. The van der Waals surface area contributed by atoms with Crippen LogP contribution in [0.25, 0.3) is 5.82 Å². The largest absolute Gasteiger partial charge is 0.476 e. The van der Waals surface area contributed by atoms with Crippen molar-refractivity contribution in [2.75, 3.05) is 5.73 Å². The number of aromatic carboxylic acids is 1. The van der Waals surface area contributed by atoms with E-state index in [-0.39, 0.29) is 16.8 Å². The number of halogens is 1. The van der Waals surface area contributed by atoms with E-state index in [1.54, 1.807) is 0 Å². The monoisotopic (exact) mass is 240 g/mol. The Morgan fingerprint density at radius 2 is 2.25 bits per heavy atom. The molecule has 2 rings (SSSR count). The van der Waals surface area contributed by atoms with E-state index in [4.69, 9.17) is 22.4 Å². The summed E-state index contributed by atoms with van der Waals surface area (Å²) in [4.78, 5) is 21.8. The Kier molecular flexibility index (Phi) is 2.41. The Morgan fingerprint density at radius 3 is 2.81 bits per heavy atom. The van der Waals surface area contributed by atoms with Gasteiger partial charge in [-0.3, -0.25) is 0 Å². The molecule has 2 aromatic rings. The van der Waals surface area contributed by atoms with Gasteiger partial charge in [0.15, 0.2) is 22.5 Å². The first-order valence-electron chi connectivity index (χ1n) is 4.01. The Balaban J connectivity index is 2.59. The average molecular weight is 241 g/mol. The molecule has 0 unspecified atom stereocenters. The molecule has 16 heavy (non-hydrogen) atoms. The van der Waals surface area contributed by atoms with Crippen LogP contribution in [0.1, 0.15) is 10.5 Å². The highest BCUT2D eigenvalue weighted by molar-refractivity contribution is 6.31. The first-order chi connectivity index (χ1) is 7.59. The molecule has 8 nitrogen and oxygen atoms in total. The maximum absolute atomic E-state index is 10.7. The number of carboxylic acids is 1. The molecule has 0 radical (unpaired) electrons. The van der Waals surface area contributed by atoms with Crippen LogP contribution in [0, 0.1) is 0 Å². The Bertz CT molecular complexity index is 540. The third kappa shape index (κ3) is 1.65. The van der Waals surface area contributed by atoms with Crippen LogP contribution in [0.3, 0.4) is 0 Å². The van der Waals surface area contributed by atoms with Gasteiger partial charge in [0.2, 0.25) is 0 Å². The summed E-state index contributed by atoms with van der Waals surface area (Å²) in [5.74, 6) is -1.40. The third-order valence-corrected chi connectivity index (χ3v) is 1.96. The maximum atomic E-state index is 10.7. The van der Waals surface area contributed by atoms with E-state index in [1.165, 1.54) is 17.3 Å². The molecule has 0 aliphatic rings. The summed E-state index contributed by atoms with van der Waals surface area (Å²) in [5, 5.41) is 12.4. The van der Waals surface area contributed by atoms with Gasteiger partial charge in [0.1, 0.15) is 12.7 Å². The van der Waals surface area contributed by atoms with Crippen LogP contribution in [0.2, 0.25) is 5.15 Å². The summed E-state index contributed by atoms with van der Waals surface area (Å²) in [6.45, 7) is 0. The van der Waals surface area contributed by atoms with Crippen LogP contribution in [0.4, 0.5) is 5.82 Å². The minimum atomic E-state index is -1.29. The fraction of sp³-hybridized carbons (Fsp3) is 0. The van der Waals surface area contributed by atoms with Crippen LogP contribution in [0.15, 0.2) is 12.7 Å². The number of carboxylic acid groups (broad SMARTS) is 1. The van der Waals surface area contributed by atoms with Crippen molar-refractivity contribution >= 4 is 23.4 Å². The molecule has 0 fully saturated rings. The minimum Gasteiger partial charge on any atom is -0.476 e. The van der Waals surface area contributed by atoms with Crippen molar-refractivity contribution in [3.05, 3.63) is 23.5 Å². The van der Waals surface area contributed by atoms with Crippen molar-refractivity contribution in [2.45, 2.75) is 0 Å². The number of carbonyl (C=O) groups is 1. The molecule has 82 valence electrons. The average Bonchev–Trinajstić information content (AvgIpc) is 2.73. The van der Waals surface area contributed by atoms with Crippen molar-refractivity contribution < 1.29 is 9.90 Å². The molecular weight excluding hydrogens is 236 g/mol. The quantitative estimate of drug-likeness (QED) is 0.757. The second-order valence-corrected chi connectivity index (χ2v) is 3.08. The van der Waals surface area contributed by atoms with Gasteiger partial charge < -0.3 is 10.8 Å². The summed E-state index contributed by atoms with van der Waals surface area (Å²) in [5.41, 5.74) is 5.03. The molecule has 2 aromatic heterocycles. The van der Waals surface area contributed by atoms with E-state index in [9.17, 15) is 4.79 Å². The van der Waals surface area contributed by atoms with Crippen LogP contribution < -0.4 is 5.73 Å². The second kappa shape index (κ2) is 3.74. The third-order valence-electron chi connectivity index (χ3n) is 1.70. The second-order valence-electron chi connectivity index (χ2n) is 2.72. The Hall–Kier alpha value is -2.22. The molecule has 0 amide bonds. The van der Waals surface area contributed by atoms with E-state index in [0.717, 1.165) is 0 Å². The molecule has 9 heteroatoms. The van der Waals surface area contributed by atoms with Crippen molar-refractivity contribution in [1.82, 2.24) is 24.7 Å². The highest BCUT2D eigenvalue weighted by Gasteiger charge is 2.16. The van der Waals surface area contributed by atoms with Crippen LogP contribution in [-0.4, -0.2) is 35.8 Å². The fourth-order valence-electron chi connectivity index (χ4n) is 1.04.